The predicted molar refractivity (Wildman–Crippen MR) is 96.7 cm³/mol. The number of hydrazone groups is 1. The number of phenolic OH excluding ortho intramolecular Hbond substituents is 2. The van der Waals surface area contributed by atoms with Gasteiger partial charge >= 0.3 is 0 Å². The smallest absolute Gasteiger partial charge is 0.271 e. The molecule has 3 N–H and O–H groups in total. The van der Waals surface area contributed by atoms with Crippen molar-refractivity contribution >= 4 is 12.1 Å². The van der Waals surface area contributed by atoms with Gasteiger partial charge in [0.05, 0.1) is 6.21 Å². The molecular weight excluding hydrogens is 316 g/mol. The first-order chi connectivity index (χ1) is 12.1. The summed E-state index contributed by atoms with van der Waals surface area (Å²) < 4.78 is 0. The van der Waals surface area contributed by atoms with Crippen molar-refractivity contribution < 1.29 is 15.0 Å². The van der Waals surface area contributed by atoms with Crippen LogP contribution in [0.25, 0.3) is 11.1 Å². The molecule has 0 aliphatic heterocycles. The van der Waals surface area contributed by atoms with Crippen molar-refractivity contribution in [2.75, 3.05) is 0 Å². The Morgan fingerprint density at radius 2 is 1.24 bits per heavy atom. The van der Waals surface area contributed by atoms with Crippen molar-refractivity contribution in [3.63, 3.8) is 0 Å². The lowest BCUT2D eigenvalue weighted by Crippen LogP contribution is -2.17. The molecule has 3 rings (SSSR count). The van der Waals surface area contributed by atoms with Gasteiger partial charge < -0.3 is 10.2 Å². The number of hydrogen-bond acceptors (Lipinski definition) is 4. The maximum Gasteiger partial charge on any atom is 0.271 e. The van der Waals surface area contributed by atoms with Gasteiger partial charge in [-0.3, -0.25) is 4.79 Å². The molecular formula is C20H16N2O3. The third-order valence-corrected chi connectivity index (χ3v) is 3.62. The molecule has 0 aliphatic rings. The highest BCUT2D eigenvalue weighted by Crippen LogP contribution is 2.22. The molecule has 5 nitrogen and oxygen atoms in total. The third-order valence-electron chi connectivity index (χ3n) is 3.62. The number of nitrogens with zero attached hydrogens (tertiary/aromatic N) is 1. The van der Waals surface area contributed by atoms with Gasteiger partial charge in [0.1, 0.15) is 11.5 Å². The van der Waals surface area contributed by atoms with Crippen LogP contribution >= 0.6 is 0 Å². The fourth-order valence-corrected chi connectivity index (χ4v) is 2.26. The van der Waals surface area contributed by atoms with E-state index in [0.717, 1.165) is 16.7 Å². The van der Waals surface area contributed by atoms with Gasteiger partial charge in [-0.25, -0.2) is 5.43 Å². The minimum Gasteiger partial charge on any atom is -0.508 e. The molecule has 0 spiro atoms. The first-order valence-electron chi connectivity index (χ1n) is 7.64. The summed E-state index contributed by atoms with van der Waals surface area (Å²) in [5.41, 5.74) is 5.62. The molecule has 0 aromatic heterocycles. The van der Waals surface area contributed by atoms with Crippen LogP contribution in [-0.2, 0) is 0 Å². The molecule has 0 saturated heterocycles. The Hall–Kier alpha value is -3.60. The molecule has 0 radical (unpaired) electrons. The van der Waals surface area contributed by atoms with Crippen molar-refractivity contribution in [3.8, 4) is 22.6 Å². The first kappa shape index (κ1) is 16.3. The Labute approximate surface area is 144 Å². The SMILES string of the molecule is O=C(NN=Cc1ccc(O)cc1)c1ccc(-c2ccc(O)cc2)cc1. The summed E-state index contributed by atoms with van der Waals surface area (Å²) in [7, 11) is 0. The van der Waals surface area contributed by atoms with E-state index in [2.05, 4.69) is 10.5 Å². The molecule has 0 atom stereocenters. The second-order valence-corrected chi connectivity index (χ2v) is 5.41. The Balaban J connectivity index is 1.64. The molecule has 25 heavy (non-hydrogen) atoms. The van der Waals surface area contributed by atoms with Crippen molar-refractivity contribution in [2.45, 2.75) is 0 Å². The summed E-state index contributed by atoms with van der Waals surface area (Å²) in [6.07, 6.45) is 1.50. The monoisotopic (exact) mass is 332 g/mol. The normalized spacial score (nSPS) is 10.7. The van der Waals surface area contributed by atoms with Crippen molar-refractivity contribution in [3.05, 3.63) is 83.9 Å². The average Bonchev–Trinajstić information content (AvgIpc) is 2.64. The lowest BCUT2D eigenvalue weighted by Gasteiger charge is -2.04. The second kappa shape index (κ2) is 7.31. The highest BCUT2D eigenvalue weighted by molar-refractivity contribution is 5.95. The average molecular weight is 332 g/mol. The van der Waals surface area contributed by atoms with Crippen LogP contribution in [0.15, 0.2) is 77.9 Å². The highest BCUT2D eigenvalue weighted by Gasteiger charge is 2.05. The summed E-state index contributed by atoms with van der Waals surface area (Å²) in [6.45, 7) is 0. The number of nitrogens with one attached hydrogen (secondary N) is 1. The maximum absolute atomic E-state index is 12.1. The van der Waals surface area contributed by atoms with Crippen molar-refractivity contribution in [1.29, 1.82) is 0 Å². The number of amides is 1. The number of rotatable bonds is 4. The number of carbonyl (C=O) groups is 1. The van der Waals surface area contributed by atoms with E-state index in [-0.39, 0.29) is 17.4 Å². The van der Waals surface area contributed by atoms with Crippen LogP contribution in [0, 0.1) is 0 Å². The van der Waals surface area contributed by atoms with Crippen LogP contribution in [0.2, 0.25) is 0 Å². The predicted octanol–water partition coefficient (Wildman–Crippen LogP) is 3.53. The van der Waals surface area contributed by atoms with E-state index in [1.165, 1.54) is 6.21 Å². The molecule has 124 valence electrons. The fraction of sp³-hybridized carbons (Fsp3) is 0. The van der Waals surface area contributed by atoms with Gasteiger partial charge in [0.25, 0.3) is 5.91 Å². The van der Waals surface area contributed by atoms with Gasteiger partial charge in [-0.15, -0.1) is 0 Å². The first-order valence-corrected chi connectivity index (χ1v) is 7.64. The molecule has 3 aromatic rings. The minimum absolute atomic E-state index is 0.176. The lowest BCUT2D eigenvalue weighted by atomic mass is 10.0. The number of benzene rings is 3. The molecule has 5 heteroatoms. The van der Waals surface area contributed by atoms with Crippen LogP contribution in [0.5, 0.6) is 11.5 Å². The molecule has 0 aliphatic carbocycles. The largest absolute Gasteiger partial charge is 0.508 e. The molecule has 1 amide bonds. The standard InChI is InChI=1S/C20H16N2O3/c23-18-9-1-14(2-10-18)13-21-22-20(25)17-5-3-15(4-6-17)16-7-11-19(24)12-8-16/h1-13,23-24H,(H,22,25). The zero-order valence-electron chi connectivity index (χ0n) is 13.3. The van der Waals surface area contributed by atoms with Gasteiger partial charge in [-0.2, -0.15) is 5.10 Å². The number of aromatic hydroxyl groups is 2. The molecule has 0 heterocycles. The Kier molecular flexibility index (Phi) is 4.76. The van der Waals surface area contributed by atoms with E-state index < -0.39 is 0 Å². The van der Waals surface area contributed by atoms with Crippen LogP contribution in [0.1, 0.15) is 15.9 Å². The van der Waals surface area contributed by atoms with Crippen molar-refractivity contribution in [1.82, 2.24) is 5.43 Å². The molecule has 0 unspecified atom stereocenters. The Bertz CT molecular complexity index is 884. The molecule has 0 fully saturated rings. The van der Waals surface area contributed by atoms with E-state index in [1.807, 2.05) is 24.3 Å². The van der Waals surface area contributed by atoms with Crippen LogP contribution < -0.4 is 5.43 Å². The topological polar surface area (TPSA) is 81.9 Å². The van der Waals surface area contributed by atoms with Gasteiger partial charge in [-0.1, -0.05) is 24.3 Å². The van der Waals surface area contributed by atoms with Crippen molar-refractivity contribution in [2.24, 2.45) is 5.10 Å². The third kappa shape index (κ3) is 4.23. The van der Waals surface area contributed by atoms with E-state index in [1.54, 1.807) is 48.5 Å². The second-order valence-electron chi connectivity index (χ2n) is 5.41. The van der Waals surface area contributed by atoms with E-state index in [9.17, 15) is 15.0 Å². The summed E-state index contributed by atoms with van der Waals surface area (Å²) in [6, 6.07) is 20.4. The quantitative estimate of drug-likeness (QED) is 0.505. The Morgan fingerprint density at radius 1 is 0.760 bits per heavy atom. The van der Waals surface area contributed by atoms with Gasteiger partial charge in [0.2, 0.25) is 0 Å². The van der Waals surface area contributed by atoms with Crippen LogP contribution in [0.3, 0.4) is 0 Å². The maximum atomic E-state index is 12.1. The van der Waals surface area contributed by atoms with Gasteiger partial charge in [0, 0.05) is 5.56 Å². The van der Waals surface area contributed by atoms with Gasteiger partial charge in [-0.05, 0) is 65.2 Å². The number of hydrogen-bond donors (Lipinski definition) is 3. The zero-order chi connectivity index (χ0) is 17.6. The summed E-state index contributed by atoms with van der Waals surface area (Å²) in [4.78, 5) is 12.1. The Morgan fingerprint density at radius 3 is 1.80 bits per heavy atom. The molecule has 3 aromatic carbocycles. The van der Waals surface area contributed by atoms with E-state index >= 15 is 0 Å². The lowest BCUT2D eigenvalue weighted by molar-refractivity contribution is 0.0955. The van der Waals surface area contributed by atoms with E-state index in [0.29, 0.717) is 5.56 Å². The van der Waals surface area contributed by atoms with Gasteiger partial charge in [0.15, 0.2) is 0 Å². The van der Waals surface area contributed by atoms with Crippen LogP contribution in [0.4, 0.5) is 0 Å². The number of carbonyl (C=O) groups excluding carboxylic acids is 1. The summed E-state index contributed by atoms with van der Waals surface area (Å²) in [5.74, 6) is 0.0772. The van der Waals surface area contributed by atoms with Crippen LogP contribution in [-0.4, -0.2) is 22.3 Å². The van der Waals surface area contributed by atoms with E-state index in [4.69, 9.17) is 0 Å². The highest BCUT2D eigenvalue weighted by atomic mass is 16.3. The summed E-state index contributed by atoms with van der Waals surface area (Å²) in [5, 5.41) is 22.4. The summed E-state index contributed by atoms with van der Waals surface area (Å²) >= 11 is 0. The fourth-order valence-electron chi connectivity index (χ4n) is 2.26. The zero-order valence-corrected chi connectivity index (χ0v) is 13.3. The molecule has 0 bridgehead atoms. The molecule has 0 saturated carbocycles. The number of phenols is 2. The minimum atomic E-state index is -0.313.